The Labute approximate surface area is 125 Å². The molecule has 21 heavy (non-hydrogen) atoms. The molecule has 1 aliphatic rings. The van der Waals surface area contributed by atoms with Gasteiger partial charge in [-0.3, -0.25) is 9.69 Å². The van der Waals surface area contributed by atoms with Crippen LogP contribution in [-0.2, 0) is 9.53 Å². The van der Waals surface area contributed by atoms with Gasteiger partial charge in [-0.15, -0.1) is 6.58 Å². The summed E-state index contributed by atoms with van der Waals surface area (Å²) < 4.78 is 5.32. The number of aliphatic carboxylic acids is 1. The van der Waals surface area contributed by atoms with E-state index in [1.165, 1.54) is 0 Å². The molecule has 1 fully saturated rings. The molecule has 0 bridgehead atoms. The summed E-state index contributed by atoms with van der Waals surface area (Å²) in [5, 5.41) is 11.6. The Morgan fingerprint density at radius 1 is 1.24 bits per heavy atom. The van der Waals surface area contributed by atoms with Gasteiger partial charge >= 0.3 is 12.0 Å². The van der Waals surface area contributed by atoms with Gasteiger partial charge in [0.2, 0.25) is 0 Å². The van der Waals surface area contributed by atoms with Crippen molar-refractivity contribution in [3.05, 3.63) is 12.7 Å². The second kappa shape index (κ2) is 10.2. The van der Waals surface area contributed by atoms with E-state index in [9.17, 15) is 9.59 Å². The van der Waals surface area contributed by atoms with E-state index in [0.29, 0.717) is 45.9 Å². The van der Waals surface area contributed by atoms with E-state index in [4.69, 9.17) is 9.84 Å². The molecule has 1 heterocycles. The van der Waals surface area contributed by atoms with Crippen LogP contribution in [0.4, 0.5) is 4.79 Å². The maximum absolute atomic E-state index is 12.0. The van der Waals surface area contributed by atoms with Gasteiger partial charge in [-0.2, -0.15) is 0 Å². The van der Waals surface area contributed by atoms with Crippen LogP contribution in [0.5, 0.6) is 0 Å². The Morgan fingerprint density at radius 3 is 2.76 bits per heavy atom. The SMILES string of the molecule is C=CCCOCCNC(=O)N1CCCN(CC(=O)O)CC1. The van der Waals surface area contributed by atoms with Crippen molar-refractivity contribution in [2.75, 3.05) is 52.5 Å². The third-order valence-electron chi connectivity index (χ3n) is 3.22. The standard InChI is InChI=1S/C14H25N3O4/c1-2-3-10-21-11-5-15-14(20)17-7-4-6-16(8-9-17)12-13(18)19/h2H,1,3-12H2,(H,15,20)(H,18,19). The lowest BCUT2D eigenvalue weighted by Gasteiger charge is -2.21. The molecule has 0 aromatic heterocycles. The highest BCUT2D eigenvalue weighted by molar-refractivity contribution is 5.74. The first-order valence-corrected chi connectivity index (χ1v) is 7.29. The zero-order chi connectivity index (χ0) is 15.5. The third-order valence-corrected chi connectivity index (χ3v) is 3.22. The van der Waals surface area contributed by atoms with Crippen molar-refractivity contribution in [1.82, 2.24) is 15.1 Å². The average molecular weight is 299 g/mol. The maximum Gasteiger partial charge on any atom is 0.317 e. The van der Waals surface area contributed by atoms with Crippen LogP contribution in [0, 0.1) is 0 Å². The highest BCUT2D eigenvalue weighted by Crippen LogP contribution is 2.03. The molecule has 0 aromatic carbocycles. The Hall–Kier alpha value is -1.60. The first-order valence-electron chi connectivity index (χ1n) is 7.29. The number of urea groups is 1. The number of carbonyl (C=O) groups is 2. The lowest BCUT2D eigenvalue weighted by molar-refractivity contribution is -0.138. The first-order chi connectivity index (χ1) is 10.1. The summed E-state index contributed by atoms with van der Waals surface area (Å²) in [5.41, 5.74) is 0. The van der Waals surface area contributed by atoms with Crippen molar-refractivity contribution in [1.29, 1.82) is 0 Å². The summed E-state index contributed by atoms with van der Waals surface area (Å²) in [5.74, 6) is -0.829. The van der Waals surface area contributed by atoms with Crippen LogP contribution in [0.1, 0.15) is 12.8 Å². The van der Waals surface area contributed by atoms with Crippen molar-refractivity contribution in [3.63, 3.8) is 0 Å². The van der Waals surface area contributed by atoms with Gasteiger partial charge in [0.25, 0.3) is 0 Å². The molecule has 7 heteroatoms. The largest absolute Gasteiger partial charge is 0.480 e. The summed E-state index contributed by atoms with van der Waals surface area (Å²) in [6.45, 7) is 7.72. The van der Waals surface area contributed by atoms with Gasteiger partial charge in [-0.05, 0) is 12.8 Å². The summed E-state index contributed by atoms with van der Waals surface area (Å²) in [6.07, 6.45) is 3.38. The molecule has 0 radical (unpaired) electrons. The summed E-state index contributed by atoms with van der Waals surface area (Å²) in [4.78, 5) is 26.2. The second-order valence-electron chi connectivity index (χ2n) is 4.93. The normalized spacial score (nSPS) is 16.3. The lowest BCUT2D eigenvalue weighted by atomic mass is 10.4. The van der Waals surface area contributed by atoms with Gasteiger partial charge < -0.3 is 20.1 Å². The number of carbonyl (C=O) groups excluding carboxylic acids is 1. The maximum atomic E-state index is 12.0. The molecule has 1 rings (SSSR count). The Bertz CT molecular complexity index is 349. The lowest BCUT2D eigenvalue weighted by Crippen LogP contribution is -2.43. The van der Waals surface area contributed by atoms with Crippen LogP contribution in [-0.4, -0.2) is 79.4 Å². The quantitative estimate of drug-likeness (QED) is 0.500. The summed E-state index contributed by atoms with van der Waals surface area (Å²) >= 11 is 0. The number of nitrogens with zero attached hydrogens (tertiary/aromatic N) is 2. The molecule has 7 nitrogen and oxygen atoms in total. The van der Waals surface area contributed by atoms with Gasteiger partial charge in [0.15, 0.2) is 0 Å². The number of hydrogen-bond donors (Lipinski definition) is 2. The van der Waals surface area contributed by atoms with Crippen LogP contribution < -0.4 is 5.32 Å². The van der Waals surface area contributed by atoms with Crippen LogP contribution in [0.3, 0.4) is 0 Å². The predicted octanol–water partition coefficient (Wildman–Crippen LogP) is 0.381. The summed E-state index contributed by atoms with van der Waals surface area (Å²) in [7, 11) is 0. The van der Waals surface area contributed by atoms with E-state index in [1.54, 1.807) is 11.0 Å². The zero-order valence-electron chi connectivity index (χ0n) is 12.4. The predicted molar refractivity (Wildman–Crippen MR) is 79.3 cm³/mol. The highest BCUT2D eigenvalue weighted by atomic mass is 16.5. The van der Waals surface area contributed by atoms with Gasteiger partial charge in [0.05, 0.1) is 19.8 Å². The molecule has 2 N–H and O–H groups in total. The fraction of sp³-hybridized carbons (Fsp3) is 0.714. The molecule has 1 saturated heterocycles. The van der Waals surface area contributed by atoms with Gasteiger partial charge in [-0.25, -0.2) is 4.79 Å². The first kappa shape index (κ1) is 17.5. The van der Waals surface area contributed by atoms with Crippen molar-refractivity contribution < 1.29 is 19.4 Å². The van der Waals surface area contributed by atoms with E-state index in [1.807, 2.05) is 4.90 Å². The fourth-order valence-electron chi connectivity index (χ4n) is 2.13. The topological polar surface area (TPSA) is 82.1 Å². The minimum atomic E-state index is -0.829. The highest BCUT2D eigenvalue weighted by Gasteiger charge is 2.19. The molecule has 0 aliphatic carbocycles. The molecule has 0 atom stereocenters. The molecule has 0 spiro atoms. The molecular weight excluding hydrogens is 274 g/mol. The number of carboxylic acid groups (broad SMARTS) is 1. The van der Waals surface area contributed by atoms with Crippen molar-refractivity contribution in [3.8, 4) is 0 Å². The van der Waals surface area contributed by atoms with E-state index in [-0.39, 0.29) is 12.6 Å². The van der Waals surface area contributed by atoms with Crippen molar-refractivity contribution in [2.45, 2.75) is 12.8 Å². The number of hydrogen-bond acceptors (Lipinski definition) is 4. The fourth-order valence-corrected chi connectivity index (χ4v) is 2.13. The minimum Gasteiger partial charge on any atom is -0.480 e. The molecule has 2 amide bonds. The molecule has 120 valence electrons. The van der Waals surface area contributed by atoms with Crippen molar-refractivity contribution >= 4 is 12.0 Å². The Morgan fingerprint density at radius 2 is 2.05 bits per heavy atom. The molecule has 0 saturated carbocycles. The summed E-state index contributed by atoms with van der Waals surface area (Å²) in [6, 6.07) is -0.112. The molecular formula is C14H25N3O4. The Balaban J connectivity index is 2.19. The zero-order valence-corrected chi connectivity index (χ0v) is 12.4. The van der Waals surface area contributed by atoms with Gasteiger partial charge in [0.1, 0.15) is 0 Å². The van der Waals surface area contributed by atoms with E-state index < -0.39 is 5.97 Å². The monoisotopic (exact) mass is 299 g/mol. The second-order valence-corrected chi connectivity index (χ2v) is 4.93. The van der Waals surface area contributed by atoms with Gasteiger partial charge in [0, 0.05) is 32.7 Å². The van der Waals surface area contributed by atoms with E-state index >= 15 is 0 Å². The van der Waals surface area contributed by atoms with Crippen LogP contribution in [0.15, 0.2) is 12.7 Å². The van der Waals surface area contributed by atoms with E-state index in [2.05, 4.69) is 11.9 Å². The number of nitrogens with one attached hydrogen (secondary N) is 1. The molecule has 0 aromatic rings. The van der Waals surface area contributed by atoms with Crippen LogP contribution in [0.2, 0.25) is 0 Å². The van der Waals surface area contributed by atoms with E-state index in [0.717, 1.165) is 12.8 Å². The Kier molecular flexibility index (Phi) is 8.45. The van der Waals surface area contributed by atoms with Crippen LogP contribution in [0.25, 0.3) is 0 Å². The third kappa shape index (κ3) is 7.67. The number of amides is 2. The smallest absolute Gasteiger partial charge is 0.317 e. The van der Waals surface area contributed by atoms with Crippen LogP contribution >= 0.6 is 0 Å². The molecule has 1 aliphatic heterocycles. The van der Waals surface area contributed by atoms with Crippen molar-refractivity contribution in [2.24, 2.45) is 0 Å². The molecule has 0 unspecified atom stereocenters. The van der Waals surface area contributed by atoms with Gasteiger partial charge in [-0.1, -0.05) is 6.08 Å². The minimum absolute atomic E-state index is 0.0343. The number of carboxylic acids is 1. The number of ether oxygens (including phenoxy) is 1. The number of rotatable bonds is 8. The average Bonchev–Trinajstić information content (AvgIpc) is 2.67.